The van der Waals surface area contributed by atoms with E-state index in [2.05, 4.69) is 10.7 Å². The highest BCUT2D eigenvalue weighted by molar-refractivity contribution is 7.89. The van der Waals surface area contributed by atoms with Crippen LogP contribution in [0.4, 0.5) is 0 Å². The first-order valence-corrected chi connectivity index (χ1v) is 20.0. The molecule has 3 aliphatic carbocycles. The van der Waals surface area contributed by atoms with Crippen LogP contribution in [-0.2, 0) is 24.4 Å². The molecule has 0 aromatic heterocycles. The molecule has 3 amide bonds. The van der Waals surface area contributed by atoms with E-state index in [-0.39, 0.29) is 61.5 Å². The van der Waals surface area contributed by atoms with Gasteiger partial charge in [0.2, 0.25) is 27.7 Å². The lowest BCUT2D eigenvalue weighted by Gasteiger charge is -2.37. The number of sulfonamides is 1. The molecule has 3 rings (SSSR count). The van der Waals surface area contributed by atoms with Crippen LogP contribution < -0.4 is 15.9 Å². The fourth-order valence-electron chi connectivity index (χ4n) is 7.86. The fourth-order valence-corrected chi connectivity index (χ4v) is 8.86. The zero-order chi connectivity index (χ0) is 34.6. The number of amides is 3. The molecule has 13 heteroatoms. The third kappa shape index (κ3) is 12.5. The Kier molecular flexibility index (Phi) is 16.4. The summed E-state index contributed by atoms with van der Waals surface area (Å²) >= 11 is 0. The minimum absolute atomic E-state index is 0.0217. The average molecular weight is 686 g/mol. The third-order valence-corrected chi connectivity index (χ3v) is 11.8. The van der Waals surface area contributed by atoms with E-state index in [1.54, 1.807) is 9.91 Å². The van der Waals surface area contributed by atoms with Crippen molar-refractivity contribution in [2.75, 3.05) is 26.2 Å². The van der Waals surface area contributed by atoms with Crippen LogP contribution in [0.25, 0.3) is 0 Å². The van der Waals surface area contributed by atoms with Gasteiger partial charge in [0.1, 0.15) is 0 Å². The molecule has 47 heavy (non-hydrogen) atoms. The quantitative estimate of drug-likeness (QED) is 0.145. The van der Waals surface area contributed by atoms with Crippen LogP contribution in [0.1, 0.15) is 124 Å². The number of carbonyl (C=O) groups is 3. The zero-order valence-corrected chi connectivity index (χ0v) is 29.9. The molecule has 0 aromatic rings. The van der Waals surface area contributed by atoms with E-state index in [1.165, 1.54) is 0 Å². The molecular weight excluding hydrogens is 622 g/mol. The summed E-state index contributed by atoms with van der Waals surface area (Å²) in [4.78, 5) is 42.4. The van der Waals surface area contributed by atoms with Crippen LogP contribution in [0, 0.1) is 23.7 Å². The second kappa shape index (κ2) is 19.4. The molecule has 0 saturated heterocycles. The van der Waals surface area contributed by atoms with E-state index in [4.69, 9.17) is 5.14 Å². The molecular formula is C34H63N5O7S. The number of aliphatic hydroxyl groups excluding tert-OH is 2. The van der Waals surface area contributed by atoms with Crippen molar-refractivity contribution in [2.24, 2.45) is 28.8 Å². The largest absolute Gasteiger partial charge is 0.393 e. The lowest BCUT2D eigenvalue weighted by atomic mass is 9.79. The number of hydrogen-bond acceptors (Lipinski definition) is 8. The summed E-state index contributed by atoms with van der Waals surface area (Å²) < 4.78 is 25.1. The highest BCUT2D eigenvalue weighted by Gasteiger charge is 2.42. The molecule has 0 spiro atoms. The Morgan fingerprint density at radius 3 is 1.98 bits per heavy atom. The fraction of sp³-hybridized carbons (Fsp3) is 0.912. The van der Waals surface area contributed by atoms with E-state index in [1.807, 2.05) is 20.8 Å². The van der Waals surface area contributed by atoms with Gasteiger partial charge in [-0.2, -0.15) is 0 Å². The molecule has 3 aliphatic rings. The topological polar surface area (TPSA) is 182 Å². The molecule has 5 unspecified atom stereocenters. The number of aliphatic hydroxyl groups is 2. The van der Waals surface area contributed by atoms with Gasteiger partial charge in [0.15, 0.2) is 0 Å². The van der Waals surface area contributed by atoms with E-state index >= 15 is 0 Å². The number of nitrogens with one attached hydrogen (secondary N) is 2. The number of carbonyl (C=O) groups excluding carboxylic acids is 3. The Morgan fingerprint density at radius 1 is 0.809 bits per heavy atom. The van der Waals surface area contributed by atoms with Crippen molar-refractivity contribution < 1.29 is 33.0 Å². The second-order valence-electron chi connectivity index (χ2n) is 14.5. The Balaban J connectivity index is 1.78. The first-order chi connectivity index (χ1) is 22.4. The monoisotopic (exact) mass is 685 g/mol. The van der Waals surface area contributed by atoms with Gasteiger partial charge in [-0.1, -0.05) is 40.0 Å². The number of primary sulfonamides is 1. The maximum absolute atomic E-state index is 14.0. The lowest BCUT2D eigenvalue weighted by molar-refractivity contribution is -0.139. The standard InChI is InChI=1S/C34H63N5O7S/c1-4-16-38(17-5-2)34(44)27-20-26(21-29(22-27)47(35,45)46)32(42)36-30(19-24-12-14-28(40)15-13-24)31(41)23-39(18-6-3)37-33(43)25-10-8-7-9-11-25/h24-31,40-41H,4-23H2,1-3H3,(H,36,42)(H,37,43)(H2,35,45,46). The van der Waals surface area contributed by atoms with Crippen LogP contribution in [-0.4, -0.2) is 95.9 Å². The molecule has 0 heterocycles. The van der Waals surface area contributed by atoms with Crippen LogP contribution in [0.5, 0.6) is 0 Å². The first kappa shape index (κ1) is 39.6. The molecule has 5 atom stereocenters. The van der Waals surface area contributed by atoms with Gasteiger partial charge < -0.3 is 20.4 Å². The van der Waals surface area contributed by atoms with Crippen LogP contribution in [0.2, 0.25) is 0 Å². The smallest absolute Gasteiger partial charge is 0.237 e. The molecule has 0 aliphatic heterocycles. The minimum atomic E-state index is -4.00. The lowest BCUT2D eigenvalue weighted by Crippen LogP contribution is -2.55. The van der Waals surface area contributed by atoms with Gasteiger partial charge in [-0.25, -0.2) is 18.6 Å². The highest BCUT2D eigenvalue weighted by Crippen LogP contribution is 2.35. The van der Waals surface area contributed by atoms with Crippen molar-refractivity contribution in [2.45, 2.75) is 147 Å². The Bertz CT molecular complexity index is 1090. The van der Waals surface area contributed by atoms with E-state index < -0.39 is 39.3 Å². The summed E-state index contributed by atoms with van der Waals surface area (Å²) in [6.45, 7) is 7.78. The van der Waals surface area contributed by atoms with Crippen molar-refractivity contribution in [3.05, 3.63) is 0 Å². The summed E-state index contributed by atoms with van der Waals surface area (Å²) in [5, 5.41) is 31.1. The number of nitrogens with zero attached hydrogens (tertiary/aromatic N) is 2. The number of hydrazine groups is 1. The normalized spacial score (nSPS) is 27.2. The summed E-state index contributed by atoms with van der Waals surface area (Å²) in [5.41, 5.74) is 3.04. The van der Waals surface area contributed by atoms with Crippen molar-refractivity contribution in [1.82, 2.24) is 20.7 Å². The summed E-state index contributed by atoms with van der Waals surface area (Å²) in [6, 6.07) is -0.658. The molecule has 0 bridgehead atoms. The van der Waals surface area contributed by atoms with Crippen molar-refractivity contribution in [1.29, 1.82) is 0 Å². The van der Waals surface area contributed by atoms with E-state index in [0.29, 0.717) is 38.9 Å². The van der Waals surface area contributed by atoms with Crippen molar-refractivity contribution in [3.63, 3.8) is 0 Å². The Morgan fingerprint density at radius 2 is 1.40 bits per heavy atom. The van der Waals surface area contributed by atoms with Gasteiger partial charge in [-0.05, 0) is 89.4 Å². The Labute approximate surface area is 283 Å². The predicted octanol–water partition coefficient (Wildman–Crippen LogP) is 2.82. The van der Waals surface area contributed by atoms with Gasteiger partial charge in [-0.3, -0.25) is 19.8 Å². The average Bonchev–Trinajstić information content (AvgIpc) is 3.04. The molecule has 3 fully saturated rings. The molecule has 0 aromatic carbocycles. The molecule has 3 saturated carbocycles. The summed E-state index contributed by atoms with van der Waals surface area (Å²) in [7, 11) is -4.00. The van der Waals surface area contributed by atoms with Gasteiger partial charge in [0.05, 0.1) is 23.5 Å². The van der Waals surface area contributed by atoms with Gasteiger partial charge in [0.25, 0.3) is 0 Å². The van der Waals surface area contributed by atoms with Crippen LogP contribution in [0.15, 0.2) is 0 Å². The molecule has 272 valence electrons. The second-order valence-corrected chi connectivity index (χ2v) is 16.3. The van der Waals surface area contributed by atoms with E-state index in [0.717, 1.165) is 64.2 Å². The molecule has 6 N–H and O–H groups in total. The summed E-state index contributed by atoms with van der Waals surface area (Å²) in [6.07, 6.45) is 9.58. The number of hydrogen-bond donors (Lipinski definition) is 5. The molecule has 0 radical (unpaired) electrons. The third-order valence-electron chi connectivity index (χ3n) is 10.5. The predicted molar refractivity (Wildman–Crippen MR) is 182 cm³/mol. The van der Waals surface area contributed by atoms with Gasteiger partial charge in [-0.15, -0.1) is 0 Å². The van der Waals surface area contributed by atoms with E-state index in [9.17, 15) is 33.0 Å². The van der Waals surface area contributed by atoms with Crippen molar-refractivity contribution in [3.8, 4) is 0 Å². The Hall–Kier alpha value is -1.80. The first-order valence-electron chi connectivity index (χ1n) is 18.4. The number of rotatable bonds is 17. The highest BCUT2D eigenvalue weighted by atomic mass is 32.2. The SMILES string of the molecule is CCCN(CC(O)C(CC1CCC(O)CC1)NC(=O)C1CC(C(=O)N(CCC)CCC)CC(S(N)(=O)=O)C1)NC(=O)C1CCCCC1. The number of nitrogens with two attached hydrogens (primary N) is 1. The molecule has 12 nitrogen and oxygen atoms in total. The van der Waals surface area contributed by atoms with Crippen LogP contribution >= 0.6 is 0 Å². The van der Waals surface area contributed by atoms with Gasteiger partial charge in [0, 0.05) is 43.9 Å². The zero-order valence-electron chi connectivity index (χ0n) is 29.1. The maximum Gasteiger partial charge on any atom is 0.237 e. The maximum atomic E-state index is 14.0. The van der Waals surface area contributed by atoms with Crippen LogP contribution in [0.3, 0.4) is 0 Å². The van der Waals surface area contributed by atoms with Gasteiger partial charge >= 0.3 is 0 Å². The minimum Gasteiger partial charge on any atom is -0.393 e. The van der Waals surface area contributed by atoms with Crippen molar-refractivity contribution >= 4 is 27.7 Å². The summed E-state index contributed by atoms with van der Waals surface area (Å²) in [5.74, 6) is -1.80.